The zero-order valence-corrected chi connectivity index (χ0v) is 11.6. The lowest BCUT2D eigenvalue weighted by molar-refractivity contribution is 0.170. The largest absolute Gasteiger partial charge is 0.395 e. The molecule has 0 bridgehead atoms. The molecular formula is C13H20N4O2. The molecule has 0 aliphatic rings. The lowest BCUT2D eigenvalue weighted by Gasteiger charge is -2.30. The van der Waals surface area contributed by atoms with Crippen molar-refractivity contribution in [3.05, 3.63) is 17.8 Å². The van der Waals surface area contributed by atoms with Gasteiger partial charge in [-0.05, 0) is 13.0 Å². The number of hydrogen-bond donors (Lipinski definition) is 1. The Balaban J connectivity index is 3.06. The Hall–Kier alpha value is -1.84. The average Bonchev–Trinajstić information content (AvgIpc) is 2.41. The molecule has 1 aromatic heterocycles. The molecule has 0 aliphatic carbocycles. The van der Waals surface area contributed by atoms with Crippen LogP contribution in [0.3, 0.4) is 0 Å². The third-order valence-electron chi connectivity index (χ3n) is 2.84. The molecular weight excluding hydrogens is 244 g/mol. The summed E-state index contributed by atoms with van der Waals surface area (Å²) in [4.78, 5) is 6.27. The second kappa shape index (κ2) is 7.56. The first-order valence-electron chi connectivity index (χ1n) is 6.04. The van der Waals surface area contributed by atoms with E-state index in [2.05, 4.69) is 11.1 Å². The molecule has 1 heterocycles. The predicted molar refractivity (Wildman–Crippen MR) is 73.9 cm³/mol. The van der Waals surface area contributed by atoms with Gasteiger partial charge in [0.1, 0.15) is 6.07 Å². The Morgan fingerprint density at radius 1 is 1.47 bits per heavy atom. The molecule has 0 saturated carbocycles. The molecule has 0 fully saturated rings. The Labute approximate surface area is 113 Å². The maximum atomic E-state index is 9.02. The van der Waals surface area contributed by atoms with Crippen molar-refractivity contribution in [1.82, 2.24) is 4.98 Å². The fourth-order valence-electron chi connectivity index (χ4n) is 1.84. The van der Waals surface area contributed by atoms with Crippen molar-refractivity contribution < 1.29 is 9.47 Å². The highest BCUT2D eigenvalue weighted by atomic mass is 16.5. The number of nitrogens with zero attached hydrogens (tertiary/aromatic N) is 3. The molecule has 0 amide bonds. The molecule has 0 saturated heterocycles. The average molecular weight is 264 g/mol. The molecule has 19 heavy (non-hydrogen) atoms. The Morgan fingerprint density at radius 2 is 2.21 bits per heavy atom. The van der Waals surface area contributed by atoms with Crippen LogP contribution in [0, 0.1) is 11.3 Å². The normalized spacial score (nSPS) is 11.9. The standard InChI is InChI=1S/C13H20N4O2/c1-10(9-19-3)17(6-7-18-2)13-12(15)11(8-14)4-5-16-13/h4-5,10H,6-7,9,15H2,1-3H3. The number of nitriles is 1. The first-order valence-corrected chi connectivity index (χ1v) is 6.04. The summed E-state index contributed by atoms with van der Waals surface area (Å²) in [5.41, 5.74) is 6.81. The summed E-state index contributed by atoms with van der Waals surface area (Å²) in [6.45, 7) is 3.74. The van der Waals surface area contributed by atoms with Crippen LogP contribution < -0.4 is 10.6 Å². The second-order valence-electron chi connectivity index (χ2n) is 4.20. The van der Waals surface area contributed by atoms with E-state index in [0.29, 0.717) is 36.8 Å². The van der Waals surface area contributed by atoms with E-state index in [9.17, 15) is 0 Å². The van der Waals surface area contributed by atoms with Gasteiger partial charge in [-0.15, -0.1) is 0 Å². The lowest BCUT2D eigenvalue weighted by Crippen LogP contribution is -2.39. The third-order valence-corrected chi connectivity index (χ3v) is 2.84. The smallest absolute Gasteiger partial charge is 0.153 e. The summed E-state index contributed by atoms with van der Waals surface area (Å²) in [5, 5.41) is 9.02. The number of nitrogen functional groups attached to an aromatic ring is 1. The van der Waals surface area contributed by atoms with Crippen molar-refractivity contribution in [1.29, 1.82) is 5.26 Å². The molecule has 1 unspecified atom stereocenters. The Bertz CT molecular complexity index is 445. The molecule has 1 rings (SSSR count). The maximum absolute atomic E-state index is 9.02. The van der Waals surface area contributed by atoms with Gasteiger partial charge in [0.15, 0.2) is 5.82 Å². The molecule has 2 N–H and O–H groups in total. The van der Waals surface area contributed by atoms with Gasteiger partial charge in [0.05, 0.1) is 30.5 Å². The van der Waals surface area contributed by atoms with E-state index < -0.39 is 0 Å². The van der Waals surface area contributed by atoms with E-state index in [4.69, 9.17) is 20.5 Å². The van der Waals surface area contributed by atoms with Crippen LogP contribution in [0.2, 0.25) is 0 Å². The van der Waals surface area contributed by atoms with Crippen molar-refractivity contribution in [2.24, 2.45) is 0 Å². The molecule has 0 spiro atoms. The molecule has 104 valence electrons. The van der Waals surface area contributed by atoms with Gasteiger partial charge in [0.25, 0.3) is 0 Å². The van der Waals surface area contributed by atoms with Crippen LogP contribution in [0.25, 0.3) is 0 Å². The van der Waals surface area contributed by atoms with E-state index in [1.54, 1.807) is 26.5 Å². The quantitative estimate of drug-likeness (QED) is 0.791. The topological polar surface area (TPSA) is 84.4 Å². The zero-order chi connectivity index (χ0) is 14.3. The minimum Gasteiger partial charge on any atom is -0.395 e. The van der Waals surface area contributed by atoms with Gasteiger partial charge < -0.3 is 20.1 Å². The third kappa shape index (κ3) is 3.81. The number of nitrogens with two attached hydrogens (primary N) is 1. The fourth-order valence-corrected chi connectivity index (χ4v) is 1.84. The van der Waals surface area contributed by atoms with Gasteiger partial charge in [-0.2, -0.15) is 5.26 Å². The summed E-state index contributed by atoms with van der Waals surface area (Å²) in [6.07, 6.45) is 1.59. The summed E-state index contributed by atoms with van der Waals surface area (Å²) >= 11 is 0. The minimum atomic E-state index is 0.0869. The lowest BCUT2D eigenvalue weighted by atomic mass is 10.2. The van der Waals surface area contributed by atoms with Crippen LogP contribution in [0.5, 0.6) is 0 Å². The highest BCUT2D eigenvalue weighted by molar-refractivity contribution is 5.70. The number of hydrogen-bond acceptors (Lipinski definition) is 6. The van der Waals surface area contributed by atoms with Crippen LogP contribution in [-0.4, -0.2) is 45.0 Å². The number of ether oxygens (including phenoxy) is 2. The van der Waals surface area contributed by atoms with Crippen LogP contribution in [0.1, 0.15) is 12.5 Å². The molecule has 0 aromatic carbocycles. The molecule has 6 nitrogen and oxygen atoms in total. The monoisotopic (exact) mass is 264 g/mol. The van der Waals surface area contributed by atoms with E-state index >= 15 is 0 Å². The van der Waals surface area contributed by atoms with Crippen molar-refractivity contribution in [2.75, 3.05) is 44.6 Å². The molecule has 0 aliphatic heterocycles. The SMILES string of the molecule is COCCN(c1nccc(C#N)c1N)C(C)COC. The first kappa shape index (κ1) is 15.2. The number of pyridine rings is 1. The number of aromatic nitrogens is 1. The van der Waals surface area contributed by atoms with Crippen LogP contribution in [0.4, 0.5) is 11.5 Å². The number of rotatable bonds is 7. The molecule has 6 heteroatoms. The zero-order valence-electron chi connectivity index (χ0n) is 11.6. The minimum absolute atomic E-state index is 0.0869. The van der Waals surface area contributed by atoms with Crippen molar-refractivity contribution in [2.45, 2.75) is 13.0 Å². The highest BCUT2D eigenvalue weighted by Gasteiger charge is 2.19. The maximum Gasteiger partial charge on any atom is 0.153 e. The first-order chi connectivity index (χ1) is 9.15. The van der Waals surface area contributed by atoms with Crippen molar-refractivity contribution in [3.8, 4) is 6.07 Å². The van der Waals surface area contributed by atoms with Crippen LogP contribution in [0.15, 0.2) is 12.3 Å². The second-order valence-corrected chi connectivity index (χ2v) is 4.20. The highest BCUT2D eigenvalue weighted by Crippen LogP contribution is 2.25. The Morgan fingerprint density at radius 3 is 2.79 bits per heavy atom. The predicted octanol–water partition coefficient (Wildman–Crippen LogP) is 1.02. The van der Waals surface area contributed by atoms with E-state index in [-0.39, 0.29) is 6.04 Å². The van der Waals surface area contributed by atoms with Crippen molar-refractivity contribution >= 4 is 11.5 Å². The van der Waals surface area contributed by atoms with E-state index in [1.807, 2.05) is 11.8 Å². The number of anilines is 2. The van der Waals surface area contributed by atoms with Crippen LogP contribution in [-0.2, 0) is 9.47 Å². The van der Waals surface area contributed by atoms with Gasteiger partial charge >= 0.3 is 0 Å². The molecule has 0 radical (unpaired) electrons. The summed E-state index contributed by atoms with van der Waals surface area (Å²) in [6, 6.07) is 3.76. The van der Waals surface area contributed by atoms with E-state index in [1.165, 1.54) is 0 Å². The molecule has 1 aromatic rings. The Kier molecular flexibility index (Phi) is 6.06. The summed E-state index contributed by atoms with van der Waals surface area (Å²) < 4.78 is 10.3. The van der Waals surface area contributed by atoms with Gasteiger partial charge in [-0.3, -0.25) is 0 Å². The van der Waals surface area contributed by atoms with Gasteiger partial charge in [0, 0.05) is 27.0 Å². The molecule has 1 atom stereocenters. The summed E-state index contributed by atoms with van der Waals surface area (Å²) in [5.74, 6) is 0.598. The van der Waals surface area contributed by atoms with E-state index in [0.717, 1.165) is 0 Å². The summed E-state index contributed by atoms with van der Waals surface area (Å²) in [7, 11) is 3.29. The van der Waals surface area contributed by atoms with Gasteiger partial charge in [-0.25, -0.2) is 4.98 Å². The van der Waals surface area contributed by atoms with Gasteiger partial charge in [-0.1, -0.05) is 0 Å². The fraction of sp³-hybridized carbons (Fsp3) is 0.538. The number of methoxy groups -OCH3 is 2. The van der Waals surface area contributed by atoms with Gasteiger partial charge in [0.2, 0.25) is 0 Å². The van der Waals surface area contributed by atoms with Crippen molar-refractivity contribution in [3.63, 3.8) is 0 Å². The van der Waals surface area contributed by atoms with Crippen LogP contribution >= 0.6 is 0 Å².